The minimum Gasteiger partial charge on any atom is -0.328 e. The molecule has 2 aromatic heterocycles. The van der Waals surface area contributed by atoms with Crippen molar-refractivity contribution in [3.05, 3.63) is 77.0 Å². The molecule has 0 unspecified atom stereocenters. The first-order valence-corrected chi connectivity index (χ1v) is 11.1. The van der Waals surface area contributed by atoms with Gasteiger partial charge in [-0.1, -0.05) is 6.92 Å². The van der Waals surface area contributed by atoms with Crippen molar-refractivity contribution in [2.75, 3.05) is 5.32 Å². The standard InChI is InChI=1S/C25H23F5N4O/c1-12-6-13(8-15(31)7-12)16-4-5-32-11-21(16)34-25(35)20-3-2-17(26)23(33-20)22-18(27)9-14(24(29)30)10-19(22)28/h2-5,9-13,15,24H,6-8,31H2,1H3,(H,34,35)/t12-,13+,15-/m0/s1. The summed E-state index contributed by atoms with van der Waals surface area (Å²) in [6.45, 7) is 2.11. The summed E-state index contributed by atoms with van der Waals surface area (Å²) in [6, 6.07) is 4.55. The van der Waals surface area contributed by atoms with Crippen molar-refractivity contribution in [1.29, 1.82) is 0 Å². The van der Waals surface area contributed by atoms with Crippen LogP contribution in [0.4, 0.5) is 27.6 Å². The SMILES string of the molecule is C[C@@H]1C[C@H](N)C[C@H](c2ccncc2NC(=O)c2ccc(F)c(-c3c(F)cc(C(F)F)cc3F)n2)C1. The molecule has 0 aliphatic heterocycles. The van der Waals surface area contributed by atoms with Gasteiger partial charge in [-0.3, -0.25) is 9.78 Å². The van der Waals surface area contributed by atoms with Gasteiger partial charge in [-0.2, -0.15) is 0 Å². The molecule has 3 aromatic rings. The summed E-state index contributed by atoms with van der Waals surface area (Å²) in [5.74, 6) is -4.19. The molecule has 1 amide bonds. The smallest absolute Gasteiger partial charge is 0.274 e. The first-order valence-electron chi connectivity index (χ1n) is 11.1. The Labute approximate surface area is 198 Å². The third-order valence-electron chi connectivity index (χ3n) is 6.15. The number of nitrogens with one attached hydrogen (secondary N) is 1. The number of carbonyl (C=O) groups is 1. The number of carbonyl (C=O) groups excluding carboxylic acids is 1. The normalized spacial score (nSPS) is 20.2. The number of rotatable bonds is 5. The molecule has 3 N–H and O–H groups in total. The Hall–Kier alpha value is -3.40. The summed E-state index contributed by atoms with van der Waals surface area (Å²) in [7, 11) is 0. The number of nitrogens with two attached hydrogens (primary N) is 1. The van der Waals surface area contributed by atoms with Crippen LogP contribution in [0.3, 0.4) is 0 Å². The van der Waals surface area contributed by atoms with Crippen molar-refractivity contribution in [3.63, 3.8) is 0 Å². The van der Waals surface area contributed by atoms with Gasteiger partial charge in [0.25, 0.3) is 12.3 Å². The summed E-state index contributed by atoms with van der Waals surface area (Å²) >= 11 is 0. The van der Waals surface area contributed by atoms with Crippen LogP contribution in [0, 0.1) is 23.4 Å². The summed E-state index contributed by atoms with van der Waals surface area (Å²) in [6.07, 6.45) is 2.51. The summed E-state index contributed by atoms with van der Waals surface area (Å²) < 4.78 is 69.0. The lowest BCUT2D eigenvalue weighted by Gasteiger charge is -2.32. The topological polar surface area (TPSA) is 80.9 Å². The lowest BCUT2D eigenvalue weighted by molar-refractivity contribution is 0.102. The maximum atomic E-state index is 14.4. The van der Waals surface area contributed by atoms with Crippen molar-refractivity contribution >= 4 is 11.6 Å². The van der Waals surface area contributed by atoms with Gasteiger partial charge in [-0.25, -0.2) is 26.9 Å². The van der Waals surface area contributed by atoms with Gasteiger partial charge in [0.2, 0.25) is 0 Å². The van der Waals surface area contributed by atoms with Crippen LogP contribution in [0.2, 0.25) is 0 Å². The second-order valence-corrected chi connectivity index (χ2v) is 8.87. The molecule has 1 aliphatic carbocycles. The largest absolute Gasteiger partial charge is 0.328 e. The molecule has 0 spiro atoms. The van der Waals surface area contributed by atoms with Gasteiger partial charge in [-0.05, 0) is 67.0 Å². The van der Waals surface area contributed by atoms with Crippen molar-refractivity contribution in [2.24, 2.45) is 11.7 Å². The molecule has 184 valence electrons. The van der Waals surface area contributed by atoms with Gasteiger partial charge < -0.3 is 11.1 Å². The fraction of sp³-hybridized carbons (Fsp3) is 0.320. The van der Waals surface area contributed by atoms with Gasteiger partial charge in [0.1, 0.15) is 28.8 Å². The third kappa shape index (κ3) is 5.32. The zero-order chi connectivity index (χ0) is 25.3. The van der Waals surface area contributed by atoms with E-state index in [1.807, 2.05) is 0 Å². The second kappa shape index (κ2) is 10.1. The van der Waals surface area contributed by atoms with Gasteiger partial charge in [0, 0.05) is 17.8 Å². The van der Waals surface area contributed by atoms with Gasteiger partial charge in [-0.15, -0.1) is 0 Å². The molecule has 0 radical (unpaired) electrons. The van der Waals surface area contributed by atoms with E-state index in [1.165, 1.54) is 6.20 Å². The van der Waals surface area contributed by atoms with Crippen molar-refractivity contribution in [3.8, 4) is 11.3 Å². The Balaban J connectivity index is 1.64. The van der Waals surface area contributed by atoms with Crippen LogP contribution in [0.5, 0.6) is 0 Å². The fourth-order valence-corrected chi connectivity index (χ4v) is 4.65. The van der Waals surface area contributed by atoms with Crippen LogP contribution >= 0.6 is 0 Å². The molecule has 0 saturated heterocycles. The molecule has 35 heavy (non-hydrogen) atoms. The molecule has 5 nitrogen and oxygen atoms in total. The average molecular weight is 490 g/mol. The number of nitrogens with zero attached hydrogens (tertiary/aromatic N) is 2. The van der Waals surface area contributed by atoms with E-state index in [1.54, 1.807) is 12.3 Å². The van der Waals surface area contributed by atoms with E-state index in [0.717, 1.165) is 37.0 Å². The van der Waals surface area contributed by atoms with E-state index in [2.05, 4.69) is 22.2 Å². The van der Waals surface area contributed by atoms with Gasteiger partial charge >= 0.3 is 0 Å². The van der Waals surface area contributed by atoms with Crippen molar-refractivity contribution < 1.29 is 26.7 Å². The number of amides is 1. The molecule has 10 heteroatoms. The average Bonchev–Trinajstić information content (AvgIpc) is 2.79. The van der Waals surface area contributed by atoms with Crippen LogP contribution in [0.15, 0.2) is 42.7 Å². The maximum absolute atomic E-state index is 14.4. The highest BCUT2D eigenvalue weighted by atomic mass is 19.3. The second-order valence-electron chi connectivity index (χ2n) is 8.87. The van der Waals surface area contributed by atoms with Crippen molar-refractivity contribution in [2.45, 2.75) is 44.6 Å². The molecule has 0 bridgehead atoms. The highest BCUT2D eigenvalue weighted by Gasteiger charge is 2.28. The molecular weight excluding hydrogens is 467 g/mol. The number of pyridine rings is 2. The van der Waals surface area contributed by atoms with Crippen LogP contribution < -0.4 is 11.1 Å². The Bertz CT molecular complexity index is 1220. The molecule has 1 fully saturated rings. The minimum atomic E-state index is -3.11. The molecule has 1 aromatic carbocycles. The molecule has 2 heterocycles. The lowest BCUT2D eigenvalue weighted by atomic mass is 9.76. The Kier molecular flexibility index (Phi) is 7.11. The first kappa shape index (κ1) is 24.7. The number of anilines is 1. The minimum absolute atomic E-state index is 0.0306. The van der Waals surface area contributed by atoms with Crippen LogP contribution in [-0.4, -0.2) is 21.9 Å². The number of benzene rings is 1. The maximum Gasteiger partial charge on any atom is 0.274 e. The number of aromatic nitrogens is 2. The highest BCUT2D eigenvalue weighted by Crippen LogP contribution is 2.38. The quantitative estimate of drug-likeness (QED) is 0.431. The molecular formula is C25H23F5N4O. The Morgan fingerprint density at radius 1 is 1.06 bits per heavy atom. The van der Waals surface area contributed by atoms with E-state index < -0.39 is 46.6 Å². The van der Waals surface area contributed by atoms with E-state index in [0.29, 0.717) is 23.7 Å². The number of hydrogen-bond acceptors (Lipinski definition) is 4. The Morgan fingerprint density at radius 2 is 1.77 bits per heavy atom. The number of alkyl halides is 2. The zero-order valence-electron chi connectivity index (χ0n) is 18.7. The van der Waals surface area contributed by atoms with Crippen LogP contribution in [0.25, 0.3) is 11.3 Å². The molecule has 3 atom stereocenters. The first-order chi connectivity index (χ1) is 16.6. The van der Waals surface area contributed by atoms with Gasteiger partial charge in [0.15, 0.2) is 0 Å². The van der Waals surface area contributed by atoms with Crippen LogP contribution in [0.1, 0.15) is 60.1 Å². The predicted molar refractivity (Wildman–Crippen MR) is 120 cm³/mol. The summed E-state index contributed by atoms with van der Waals surface area (Å²) in [5, 5.41) is 2.69. The zero-order valence-corrected chi connectivity index (χ0v) is 18.7. The van der Waals surface area contributed by atoms with E-state index in [-0.39, 0.29) is 17.7 Å². The summed E-state index contributed by atoms with van der Waals surface area (Å²) in [5.41, 5.74) is 4.51. The van der Waals surface area contributed by atoms with Crippen LogP contribution in [-0.2, 0) is 0 Å². The number of halogens is 5. The third-order valence-corrected chi connectivity index (χ3v) is 6.15. The number of hydrogen-bond donors (Lipinski definition) is 2. The predicted octanol–water partition coefficient (Wildman–Crippen LogP) is 5.98. The Morgan fingerprint density at radius 3 is 2.43 bits per heavy atom. The monoisotopic (exact) mass is 490 g/mol. The van der Waals surface area contributed by atoms with E-state index in [4.69, 9.17) is 5.73 Å². The molecule has 4 rings (SSSR count). The fourth-order valence-electron chi connectivity index (χ4n) is 4.65. The molecule has 1 saturated carbocycles. The highest BCUT2D eigenvalue weighted by molar-refractivity contribution is 6.03. The summed E-state index contributed by atoms with van der Waals surface area (Å²) in [4.78, 5) is 20.8. The van der Waals surface area contributed by atoms with E-state index in [9.17, 15) is 26.7 Å². The van der Waals surface area contributed by atoms with Crippen molar-refractivity contribution in [1.82, 2.24) is 9.97 Å². The lowest BCUT2D eigenvalue weighted by Crippen LogP contribution is -2.31. The van der Waals surface area contributed by atoms with E-state index >= 15 is 0 Å². The van der Waals surface area contributed by atoms with Gasteiger partial charge in [0.05, 0.1) is 17.4 Å². The molecule has 1 aliphatic rings.